The van der Waals surface area contributed by atoms with Crippen LogP contribution in [0.3, 0.4) is 0 Å². The summed E-state index contributed by atoms with van der Waals surface area (Å²) in [5.41, 5.74) is 7.19. The first kappa shape index (κ1) is 11.0. The van der Waals surface area contributed by atoms with Crippen LogP contribution in [0.2, 0.25) is 0 Å². The maximum absolute atomic E-state index is 11.2. The number of carbonyl (C=O) groups is 1. The van der Waals surface area contributed by atoms with Gasteiger partial charge in [0.1, 0.15) is 11.5 Å². The summed E-state index contributed by atoms with van der Waals surface area (Å²) in [4.78, 5) is 11.2. The van der Waals surface area contributed by atoms with E-state index in [9.17, 15) is 4.79 Å². The van der Waals surface area contributed by atoms with Gasteiger partial charge < -0.3 is 10.5 Å². The first-order valence-electron chi connectivity index (χ1n) is 4.17. The summed E-state index contributed by atoms with van der Waals surface area (Å²) in [6.45, 7) is 0. The van der Waals surface area contributed by atoms with Gasteiger partial charge in [0, 0.05) is 18.2 Å². The number of hydrogen-bond acceptors (Lipinski definition) is 3. The van der Waals surface area contributed by atoms with Gasteiger partial charge >= 0.3 is 0 Å². The molecule has 0 bridgehead atoms. The Labute approximate surface area is 91.4 Å². The highest BCUT2D eigenvalue weighted by atomic mass is 79.9. The summed E-state index contributed by atoms with van der Waals surface area (Å²) < 4.78 is 5.01. The van der Waals surface area contributed by atoms with Crippen molar-refractivity contribution in [2.24, 2.45) is 0 Å². The van der Waals surface area contributed by atoms with Crippen molar-refractivity contribution < 1.29 is 9.53 Å². The third-order valence-electron chi connectivity index (χ3n) is 1.89. The number of ether oxygens (including phenoxy) is 1. The van der Waals surface area contributed by atoms with Gasteiger partial charge in [0.05, 0.1) is 12.4 Å². The van der Waals surface area contributed by atoms with Gasteiger partial charge in [0.15, 0.2) is 0 Å². The Bertz CT molecular complexity index is 339. The molecular weight excluding hydrogens is 246 g/mol. The lowest BCUT2D eigenvalue weighted by Crippen LogP contribution is -2.06. The van der Waals surface area contributed by atoms with Crippen molar-refractivity contribution in [1.82, 2.24) is 0 Å². The smallest absolute Gasteiger partial charge is 0.147 e. The van der Waals surface area contributed by atoms with Crippen LogP contribution in [0.5, 0.6) is 5.75 Å². The zero-order valence-electron chi connectivity index (χ0n) is 7.92. The molecule has 0 aliphatic carbocycles. The summed E-state index contributed by atoms with van der Waals surface area (Å²) in [5.74, 6) is 0.819. The van der Waals surface area contributed by atoms with Crippen molar-refractivity contribution in [2.45, 2.75) is 6.42 Å². The van der Waals surface area contributed by atoms with Gasteiger partial charge in [-0.2, -0.15) is 0 Å². The van der Waals surface area contributed by atoms with Crippen molar-refractivity contribution in [2.75, 3.05) is 18.2 Å². The molecule has 0 fully saturated rings. The molecule has 0 saturated carbocycles. The van der Waals surface area contributed by atoms with E-state index in [1.165, 1.54) is 0 Å². The highest BCUT2D eigenvalue weighted by Crippen LogP contribution is 2.20. The van der Waals surface area contributed by atoms with Gasteiger partial charge in [0.25, 0.3) is 0 Å². The molecule has 2 N–H and O–H groups in total. The Hall–Kier alpha value is -1.03. The van der Waals surface area contributed by atoms with Crippen LogP contribution in [0.1, 0.15) is 5.56 Å². The number of carbonyl (C=O) groups excluding carboxylic acids is 1. The predicted octanol–water partition coefficient (Wildman–Crippen LogP) is 1.78. The number of hydrogen-bond donors (Lipinski definition) is 1. The molecule has 1 rings (SSSR count). The van der Waals surface area contributed by atoms with Crippen molar-refractivity contribution in [3.8, 4) is 5.75 Å². The zero-order chi connectivity index (χ0) is 10.6. The summed E-state index contributed by atoms with van der Waals surface area (Å²) >= 11 is 3.11. The number of halogens is 1. The first-order valence-corrected chi connectivity index (χ1v) is 5.29. The molecule has 0 aliphatic rings. The second-order valence-electron chi connectivity index (χ2n) is 2.91. The molecule has 1 aromatic rings. The molecule has 4 heteroatoms. The number of rotatable bonds is 4. The number of alkyl halides is 1. The van der Waals surface area contributed by atoms with Crippen molar-refractivity contribution in [3.05, 3.63) is 23.8 Å². The fourth-order valence-electron chi connectivity index (χ4n) is 1.12. The van der Waals surface area contributed by atoms with E-state index in [1.807, 2.05) is 6.07 Å². The molecule has 0 saturated heterocycles. The predicted molar refractivity (Wildman–Crippen MR) is 59.9 cm³/mol. The van der Waals surface area contributed by atoms with E-state index in [1.54, 1.807) is 19.2 Å². The number of ketones is 1. The van der Waals surface area contributed by atoms with Crippen molar-refractivity contribution in [3.63, 3.8) is 0 Å². The molecule has 0 aromatic heterocycles. The third kappa shape index (κ3) is 2.73. The molecule has 0 radical (unpaired) electrons. The van der Waals surface area contributed by atoms with Crippen LogP contribution in [-0.2, 0) is 11.2 Å². The second-order valence-corrected chi connectivity index (χ2v) is 3.47. The molecule has 3 nitrogen and oxygen atoms in total. The van der Waals surface area contributed by atoms with Crippen LogP contribution in [-0.4, -0.2) is 18.2 Å². The quantitative estimate of drug-likeness (QED) is 0.661. The number of methoxy groups -OCH3 is 1. The van der Waals surface area contributed by atoms with Gasteiger partial charge in [-0.3, -0.25) is 4.79 Å². The fourth-order valence-corrected chi connectivity index (χ4v) is 1.32. The minimum Gasteiger partial charge on any atom is -0.497 e. The zero-order valence-corrected chi connectivity index (χ0v) is 9.50. The summed E-state index contributed by atoms with van der Waals surface area (Å²) in [5, 5.41) is 0.360. The number of Topliss-reactive ketones (excluding diaryl/α,β-unsaturated/α-hetero) is 1. The van der Waals surface area contributed by atoms with Gasteiger partial charge in [-0.25, -0.2) is 0 Å². The Morgan fingerprint density at radius 1 is 1.57 bits per heavy atom. The second kappa shape index (κ2) is 5.00. The largest absolute Gasteiger partial charge is 0.497 e. The van der Waals surface area contributed by atoms with Crippen molar-refractivity contribution >= 4 is 27.4 Å². The fraction of sp³-hybridized carbons (Fsp3) is 0.300. The summed E-state index contributed by atoms with van der Waals surface area (Å²) in [7, 11) is 1.58. The van der Waals surface area contributed by atoms with E-state index in [2.05, 4.69) is 15.9 Å². The molecule has 76 valence electrons. The normalized spacial score (nSPS) is 9.86. The monoisotopic (exact) mass is 257 g/mol. The lowest BCUT2D eigenvalue weighted by molar-refractivity contribution is -0.115. The number of nitrogens with two attached hydrogens (primary N) is 1. The van der Waals surface area contributed by atoms with E-state index in [-0.39, 0.29) is 5.78 Å². The van der Waals surface area contributed by atoms with Gasteiger partial charge in [-0.1, -0.05) is 22.0 Å². The maximum atomic E-state index is 11.2. The standard InChI is InChI=1S/C10H12BrNO2/c1-14-9-3-2-7(10(12)5-9)4-8(13)6-11/h2-3,5H,4,6,12H2,1H3. The molecule has 0 spiro atoms. The summed E-state index contributed by atoms with van der Waals surface area (Å²) in [6.07, 6.45) is 0.362. The van der Waals surface area contributed by atoms with E-state index < -0.39 is 0 Å². The van der Waals surface area contributed by atoms with Gasteiger partial charge in [-0.15, -0.1) is 0 Å². The average molecular weight is 258 g/mol. The maximum Gasteiger partial charge on any atom is 0.147 e. The van der Waals surface area contributed by atoms with Crippen LogP contribution in [0.15, 0.2) is 18.2 Å². The molecule has 0 aliphatic heterocycles. The Kier molecular flexibility index (Phi) is 3.95. The van der Waals surface area contributed by atoms with Crippen LogP contribution >= 0.6 is 15.9 Å². The van der Waals surface area contributed by atoms with E-state index in [4.69, 9.17) is 10.5 Å². The molecular formula is C10H12BrNO2. The third-order valence-corrected chi connectivity index (χ3v) is 2.52. The van der Waals surface area contributed by atoms with Gasteiger partial charge in [0.2, 0.25) is 0 Å². The average Bonchev–Trinajstić information content (AvgIpc) is 2.20. The number of anilines is 1. The van der Waals surface area contributed by atoms with Crippen LogP contribution in [0.25, 0.3) is 0 Å². The highest BCUT2D eigenvalue weighted by Gasteiger charge is 2.05. The molecule has 1 aromatic carbocycles. The minimum absolute atomic E-state index is 0.113. The SMILES string of the molecule is COc1ccc(CC(=O)CBr)c(N)c1. The molecule has 14 heavy (non-hydrogen) atoms. The highest BCUT2D eigenvalue weighted by molar-refractivity contribution is 9.09. The topological polar surface area (TPSA) is 52.3 Å². The van der Waals surface area contributed by atoms with Crippen molar-refractivity contribution in [1.29, 1.82) is 0 Å². The lowest BCUT2D eigenvalue weighted by atomic mass is 10.1. The number of nitrogen functional groups attached to an aromatic ring is 1. The van der Waals surface area contributed by atoms with Gasteiger partial charge in [-0.05, 0) is 11.6 Å². The lowest BCUT2D eigenvalue weighted by Gasteiger charge is -2.06. The molecule has 0 unspecified atom stereocenters. The Morgan fingerprint density at radius 3 is 2.79 bits per heavy atom. The minimum atomic E-state index is 0.113. The molecule has 0 heterocycles. The van der Waals surface area contributed by atoms with E-state index >= 15 is 0 Å². The van der Waals surface area contributed by atoms with E-state index in [0.717, 1.165) is 5.56 Å². The first-order chi connectivity index (χ1) is 6.67. The molecule has 0 atom stereocenters. The molecule has 0 amide bonds. The van der Waals surface area contributed by atoms with Crippen LogP contribution < -0.4 is 10.5 Å². The van der Waals surface area contributed by atoms with Crippen LogP contribution in [0, 0.1) is 0 Å². The van der Waals surface area contributed by atoms with E-state index in [0.29, 0.717) is 23.2 Å². The summed E-state index contributed by atoms with van der Waals surface area (Å²) in [6, 6.07) is 5.33. The Morgan fingerprint density at radius 2 is 2.29 bits per heavy atom. The number of benzene rings is 1. The van der Waals surface area contributed by atoms with Crippen LogP contribution in [0.4, 0.5) is 5.69 Å². The Balaban J connectivity index is 2.83.